The number of rotatable bonds is 7. The van der Waals surface area contributed by atoms with Crippen molar-refractivity contribution in [3.8, 4) is 0 Å². The van der Waals surface area contributed by atoms with Crippen LogP contribution >= 0.6 is 23.2 Å². The monoisotopic (exact) mass is 516 g/mol. The molecule has 182 valence electrons. The fraction of sp³-hybridized carbons (Fsp3) is 0.167. The van der Waals surface area contributed by atoms with Crippen LogP contribution in [0.4, 0.5) is 21.6 Å². The summed E-state index contributed by atoms with van der Waals surface area (Å²) in [5, 5.41) is 5.96. The molecule has 2 aromatic carbocycles. The minimum absolute atomic E-state index is 0.0580. The number of aliphatic imine (C=N–C) groups is 1. The number of nitrogens with zero attached hydrogens (tertiary/aromatic N) is 3. The Morgan fingerprint density at radius 2 is 1.74 bits per heavy atom. The van der Waals surface area contributed by atoms with E-state index in [1.54, 1.807) is 38.1 Å². The molecule has 0 saturated heterocycles. The number of nitrogens with two attached hydrogens (primary N) is 1. The SMILES string of the molecule is CCN=C(N)c1ccc(C(=O)Nc2c(C(=O)Nc3ccc(Cl)cn3)cc(Cl)cc2N(C)C)c(F)c1. The Morgan fingerprint density at radius 1 is 1.03 bits per heavy atom. The van der Waals surface area contributed by atoms with Gasteiger partial charge in [-0.05, 0) is 43.3 Å². The van der Waals surface area contributed by atoms with E-state index in [-0.39, 0.29) is 33.5 Å². The number of anilines is 3. The summed E-state index contributed by atoms with van der Waals surface area (Å²) >= 11 is 12.1. The number of carbonyl (C=O) groups excluding carboxylic acids is 2. The molecule has 0 radical (unpaired) electrons. The topological polar surface area (TPSA) is 113 Å². The number of pyridine rings is 1. The lowest BCUT2D eigenvalue weighted by Crippen LogP contribution is -2.23. The largest absolute Gasteiger partial charge is 0.384 e. The third-order valence-corrected chi connectivity index (χ3v) is 5.30. The first-order valence-corrected chi connectivity index (χ1v) is 11.2. The smallest absolute Gasteiger partial charge is 0.259 e. The van der Waals surface area contributed by atoms with Crippen molar-refractivity contribution in [2.24, 2.45) is 10.7 Å². The summed E-state index contributed by atoms with van der Waals surface area (Å²) in [6, 6.07) is 10.0. The van der Waals surface area contributed by atoms with Gasteiger partial charge in [0.25, 0.3) is 11.8 Å². The van der Waals surface area contributed by atoms with E-state index >= 15 is 0 Å². The van der Waals surface area contributed by atoms with Crippen molar-refractivity contribution >= 4 is 58.0 Å². The number of hydrogen-bond acceptors (Lipinski definition) is 5. The molecule has 35 heavy (non-hydrogen) atoms. The van der Waals surface area contributed by atoms with Crippen LogP contribution in [-0.2, 0) is 0 Å². The molecule has 0 atom stereocenters. The molecule has 2 amide bonds. The average molecular weight is 517 g/mol. The van der Waals surface area contributed by atoms with E-state index in [0.717, 1.165) is 6.07 Å². The van der Waals surface area contributed by atoms with Crippen LogP contribution in [-0.4, -0.2) is 43.3 Å². The van der Waals surface area contributed by atoms with E-state index < -0.39 is 17.6 Å². The van der Waals surface area contributed by atoms with Gasteiger partial charge in [0, 0.05) is 37.4 Å². The van der Waals surface area contributed by atoms with Gasteiger partial charge >= 0.3 is 0 Å². The zero-order valence-corrected chi connectivity index (χ0v) is 20.7. The maximum Gasteiger partial charge on any atom is 0.259 e. The van der Waals surface area contributed by atoms with Crippen LogP contribution in [0.2, 0.25) is 10.0 Å². The highest BCUT2D eigenvalue weighted by molar-refractivity contribution is 6.32. The van der Waals surface area contributed by atoms with Gasteiger partial charge in [0.2, 0.25) is 0 Å². The van der Waals surface area contributed by atoms with Crippen LogP contribution in [0.3, 0.4) is 0 Å². The second kappa shape index (κ2) is 11.2. The molecule has 0 aliphatic carbocycles. The number of carbonyl (C=O) groups is 2. The third-order valence-electron chi connectivity index (χ3n) is 4.85. The highest BCUT2D eigenvalue weighted by Gasteiger charge is 2.22. The van der Waals surface area contributed by atoms with Crippen molar-refractivity contribution in [1.29, 1.82) is 0 Å². The van der Waals surface area contributed by atoms with E-state index in [1.807, 2.05) is 0 Å². The van der Waals surface area contributed by atoms with Crippen LogP contribution in [0.5, 0.6) is 0 Å². The first kappa shape index (κ1) is 25.9. The van der Waals surface area contributed by atoms with Crippen molar-refractivity contribution < 1.29 is 14.0 Å². The Kier molecular flexibility index (Phi) is 8.26. The van der Waals surface area contributed by atoms with Crippen molar-refractivity contribution in [2.45, 2.75) is 6.92 Å². The number of nitrogens with one attached hydrogen (secondary N) is 2. The Balaban J connectivity index is 1.98. The van der Waals surface area contributed by atoms with Gasteiger partial charge in [0.1, 0.15) is 17.5 Å². The van der Waals surface area contributed by atoms with Crippen LogP contribution in [0.1, 0.15) is 33.2 Å². The Bertz CT molecular complexity index is 1300. The second-order valence-electron chi connectivity index (χ2n) is 7.57. The van der Waals surface area contributed by atoms with Gasteiger partial charge in [-0.15, -0.1) is 0 Å². The first-order valence-electron chi connectivity index (χ1n) is 10.5. The van der Waals surface area contributed by atoms with Gasteiger partial charge in [0.05, 0.1) is 27.5 Å². The lowest BCUT2D eigenvalue weighted by atomic mass is 10.1. The minimum atomic E-state index is -0.786. The number of amidine groups is 1. The molecule has 11 heteroatoms. The number of benzene rings is 2. The molecule has 4 N–H and O–H groups in total. The molecule has 8 nitrogen and oxygen atoms in total. The van der Waals surface area contributed by atoms with E-state index in [0.29, 0.717) is 22.8 Å². The van der Waals surface area contributed by atoms with Gasteiger partial charge in [-0.1, -0.05) is 29.3 Å². The predicted molar refractivity (Wildman–Crippen MR) is 139 cm³/mol. The fourth-order valence-electron chi connectivity index (χ4n) is 3.19. The standard InChI is InChI=1S/C24H23Cl2FN6O2/c1-4-29-22(28)13-5-7-16(18(27)9-13)23(34)32-21-17(10-15(26)11-19(21)33(2)3)24(35)31-20-8-6-14(25)12-30-20/h5-12H,4H2,1-3H3,(H2,28,29)(H,32,34)(H,30,31,35). The van der Waals surface area contributed by atoms with Gasteiger partial charge in [0.15, 0.2) is 0 Å². The highest BCUT2D eigenvalue weighted by atomic mass is 35.5. The van der Waals surface area contributed by atoms with Gasteiger partial charge < -0.3 is 21.3 Å². The van der Waals surface area contributed by atoms with E-state index in [4.69, 9.17) is 28.9 Å². The summed E-state index contributed by atoms with van der Waals surface area (Å²) < 4.78 is 14.8. The van der Waals surface area contributed by atoms with Crippen LogP contribution in [0.15, 0.2) is 53.7 Å². The van der Waals surface area contributed by atoms with E-state index in [1.165, 1.54) is 30.5 Å². The molecule has 1 heterocycles. The number of aromatic nitrogens is 1. The Morgan fingerprint density at radius 3 is 2.34 bits per heavy atom. The minimum Gasteiger partial charge on any atom is -0.384 e. The average Bonchev–Trinajstić information content (AvgIpc) is 2.81. The Labute approximate surface area is 212 Å². The number of amides is 2. The highest BCUT2D eigenvalue weighted by Crippen LogP contribution is 2.33. The third kappa shape index (κ3) is 6.26. The fourth-order valence-corrected chi connectivity index (χ4v) is 3.51. The van der Waals surface area contributed by atoms with Crippen molar-refractivity contribution in [2.75, 3.05) is 36.2 Å². The molecule has 0 aliphatic rings. The summed E-state index contributed by atoms with van der Waals surface area (Å²) in [5.41, 5.74) is 6.59. The van der Waals surface area contributed by atoms with Gasteiger partial charge in [-0.2, -0.15) is 0 Å². The summed E-state index contributed by atoms with van der Waals surface area (Å²) in [7, 11) is 3.43. The maximum absolute atomic E-state index is 14.8. The molecule has 3 aromatic rings. The Hall–Kier alpha value is -3.69. The predicted octanol–water partition coefficient (Wildman–Crippen LogP) is 4.82. The van der Waals surface area contributed by atoms with E-state index in [9.17, 15) is 14.0 Å². The summed E-state index contributed by atoms with van der Waals surface area (Å²) in [5.74, 6) is -1.72. The first-order chi connectivity index (χ1) is 16.6. The van der Waals surface area contributed by atoms with Crippen LogP contribution < -0.4 is 21.3 Å². The molecule has 0 fully saturated rings. The molecular weight excluding hydrogens is 494 g/mol. The normalized spacial score (nSPS) is 11.2. The summed E-state index contributed by atoms with van der Waals surface area (Å²) in [4.78, 5) is 35.9. The van der Waals surface area contributed by atoms with Crippen molar-refractivity contribution in [1.82, 2.24) is 4.98 Å². The number of halogens is 3. The zero-order chi connectivity index (χ0) is 25.7. The lowest BCUT2D eigenvalue weighted by molar-refractivity contribution is 0.102. The zero-order valence-electron chi connectivity index (χ0n) is 19.2. The summed E-state index contributed by atoms with van der Waals surface area (Å²) in [6.45, 7) is 2.24. The van der Waals surface area contributed by atoms with Crippen molar-refractivity contribution in [3.63, 3.8) is 0 Å². The van der Waals surface area contributed by atoms with Crippen molar-refractivity contribution in [3.05, 3.63) is 81.2 Å². The molecule has 0 unspecified atom stereocenters. The molecule has 0 spiro atoms. The maximum atomic E-state index is 14.8. The quantitative estimate of drug-likeness (QED) is 0.307. The van der Waals surface area contributed by atoms with Crippen LogP contribution in [0, 0.1) is 5.82 Å². The van der Waals surface area contributed by atoms with Gasteiger partial charge in [-0.25, -0.2) is 9.37 Å². The molecule has 0 saturated carbocycles. The van der Waals surface area contributed by atoms with Crippen LogP contribution in [0.25, 0.3) is 0 Å². The molecular formula is C24H23Cl2FN6O2. The lowest BCUT2D eigenvalue weighted by Gasteiger charge is -2.21. The molecule has 0 bridgehead atoms. The van der Waals surface area contributed by atoms with Gasteiger partial charge in [-0.3, -0.25) is 14.6 Å². The number of hydrogen-bond donors (Lipinski definition) is 3. The second-order valence-corrected chi connectivity index (χ2v) is 8.44. The molecule has 0 aliphatic heterocycles. The molecule has 1 aromatic heterocycles. The summed E-state index contributed by atoms with van der Waals surface area (Å²) in [6.07, 6.45) is 1.38. The van der Waals surface area contributed by atoms with E-state index in [2.05, 4.69) is 20.6 Å². The molecule has 3 rings (SSSR count).